The lowest BCUT2D eigenvalue weighted by atomic mass is 10.2. The van der Waals surface area contributed by atoms with Crippen molar-refractivity contribution in [1.29, 1.82) is 5.26 Å². The van der Waals surface area contributed by atoms with Gasteiger partial charge in [0, 0.05) is 136 Å². The molecular formula is C49H79ClN20O3S. The van der Waals surface area contributed by atoms with Crippen LogP contribution < -0.4 is 31.9 Å². The number of nitrogens with zero attached hydrogens (tertiary/aromatic N) is 16. The Morgan fingerprint density at radius 3 is 1.36 bits per heavy atom. The van der Waals surface area contributed by atoms with Gasteiger partial charge in [-0.15, -0.1) is 0 Å². The Morgan fingerprint density at radius 2 is 0.946 bits per heavy atom. The number of nitrogen functional groups attached to an aromatic ring is 2. The van der Waals surface area contributed by atoms with Crippen LogP contribution >= 0.6 is 22.9 Å². The number of piperazine rings is 3. The van der Waals surface area contributed by atoms with Crippen LogP contribution in [0.3, 0.4) is 0 Å². The van der Waals surface area contributed by atoms with Gasteiger partial charge in [0.1, 0.15) is 64.2 Å². The molecule has 406 valence electrons. The SMILES string of the molecule is C(CN1CCNCC1)CN1CCOCC1.N#Cc1cnc(Nc2cc(N3CCN(CCCN4CCOCC4)CC3)ncn2)s1.Nc1cc(Cl)ncn1.Nc1cc(N2CCN(CCCN3CCOCC3)CC2)ncn1. The third kappa shape index (κ3) is 21.1. The molecular weight excluding hydrogens is 984 g/mol. The van der Waals surface area contributed by atoms with Crippen molar-refractivity contribution in [2.75, 3.05) is 223 Å². The van der Waals surface area contributed by atoms with E-state index in [4.69, 9.17) is 42.5 Å². The van der Waals surface area contributed by atoms with Crippen molar-refractivity contribution < 1.29 is 14.2 Å². The first-order chi connectivity index (χ1) is 36.3. The topological polar surface area (TPSA) is 244 Å². The zero-order chi connectivity index (χ0) is 51.4. The molecule has 0 aliphatic carbocycles. The molecule has 6 aliphatic rings. The van der Waals surface area contributed by atoms with Crippen LogP contribution in [0.2, 0.25) is 5.15 Å². The standard InChI is InChI=1S/C19H26N8OS.C15H26N6O.C11H23N3O.C4H4ClN3/c20-13-16-14-21-19(29-16)24-17-12-18(23-15-22-17)27-6-4-25(5-7-27)2-1-3-26-8-10-28-11-9-26;16-14-12-15(18-13-17-14)21-6-4-19(5-7-21)2-1-3-20-8-10-22-11-9-20;1(4-13-6-2-12-3-7-13)5-14-8-10-15-11-9-14;5-3-1-4(6)8-2-7-3/h12,14-15H,1-11H2,(H,21,22,23,24);12-13H,1-11H2,(H2,16,17,18);12H,1-11H2;1-2H,(H2,6,7,8). The molecule has 74 heavy (non-hydrogen) atoms. The van der Waals surface area contributed by atoms with Crippen molar-refractivity contribution in [1.82, 2.24) is 69.6 Å². The summed E-state index contributed by atoms with van der Waals surface area (Å²) in [4.78, 5) is 48.7. The van der Waals surface area contributed by atoms with E-state index in [1.165, 1.54) is 82.3 Å². The summed E-state index contributed by atoms with van der Waals surface area (Å²) in [6.45, 7) is 32.1. The second-order valence-electron chi connectivity index (χ2n) is 18.8. The average Bonchev–Trinajstić information content (AvgIpc) is 3.90. The summed E-state index contributed by atoms with van der Waals surface area (Å²) in [7, 11) is 0. The number of nitrogens with one attached hydrogen (secondary N) is 2. The molecule has 0 aromatic carbocycles. The molecule has 4 aromatic rings. The van der Waals surface area contributed by atoms with Crippen LogP contribution in [-0.4, -0.2) is 261 Å². The maximum Gasteiger partial charge on any atom is 0.189 e. The predicted octanol–water partition coefficient (Wildman–Crippen LogP) is 1.62. The van der Waals surface area contributed by atoms with E-state index in [0.29, 0.717) is 32.6 Å². The average molecular weight is 1060 g/mol. The maximum absolute atomic E-state index is 8.92. The first kappa shape index (κ1) is 57.0. The van der Waals surface area contributed by atoms with Gasteiger partial charge in [-0.05, 0) is 58.5 Å². The lowest BCUT2D eigenvalue weighted by Crippen LogP contribution is -2.47. The first-order valence-corrected chi connectivity index (χ1v) is 27.6. The second kappa shape index (κ2) is 32.6. The Kier molecular flexibility index (Phi) is 25.1. The fourth-order valence-corrected chi connectivity index (χ4v) is 10.1. The van der Waals surface area contributed by atoms with E-state index in [9.17, 15) is 0 Å². The highest BCUT2D eigenvalue weighted by Crippen LogP contribution is 2.23. The van der Waals surface area contributed by atoms with Crippen LogP contribution in [0, 0.1) is 11.3 Å². The number of hydrogen-bond donors (Lipinski definition) is 4. The largest absolute Gasteiger partial charge is 0.384 e. The predicted molar refractivity (Wildman–Crippen MR) is 292 cm³/mol. The van der Waals surface area contributed by atoms with Gasteiger partial charge in [0.25, 0.3) is 0 Å². The van der Waals surface area contributed by atoms with Crippen molar-refractivity contribution in [3.63, 3.8) is 0 Å². The van der Waals surface area contributed by atoms with E-state index in [-0.39, 0.29) is 0 Å². The first-order valence-electron chi connectivity index (χ1n) is 26.4. The van der Waals surface area contributed by atoms with Gasteiger partial charge in [-0.3, -0.25) is 24.5 Å². The Morgan fingerprint density at radius 1 is 0.527 bits per heavy atom. The smallest absolute Gasteiger partial charge is 0.189 e. The molecule has 10 heterocycles. The number of anilines is 6. The highest BCUT2D eigenvalue weighted by molar-refractivity contribution is 7.16. The highest BCUT2D eigenvalue weighted by Gasteiger charge is 2.21. The van der Waals surface area contributed by atoms with Crippen LogP contribution in [0.4, 0.5) is 34.2 Å². The Bertz CT molecular complexity index is 2160. The van der Waals surface area contributed by atoms with Crippen molar-refractivity contribution >= 4 is 57.2 Å². The molecule has 0 amide bonds. The van der Waals surface area contributed by atoms with Gasteiger partial charge in [0.05, 0.1) is 45.8 Å². The lowest BCUT2D eigenvalue weighted by Gasteiger charge is -2.36. The molecule has 0 radical (unpaired) electrons. The van der Waals surface area contributed by atoms with E-state index in [0.717, 1.165) is 169 Å². The highest BCUT2D eigenvalue weighted by atomic mass is 35.5. The van der Waals surface area contributed by atoms with E-state index in [1.807, 2.05) is 12.1 Å². The Balaban J connectivity index is 0.000000157. The van der Waals surface area contributed by atoms with Gasteiger partial charge in [0.15, 0.2) is 5.13 Å². The molecule has 6 aliphatic heterocycles. The van der Waals surface area contributed by atoms with Gasteiger partial charge in [0.2, 0.25) is 0 Å². The number of aromatic nitrogens is 7. The lowest BCUT2D eigenvalue weighted by molar-refractivity contribution is 0.0359. The second-order valence-corrected chi connectivity index (χ2v) is 20.2. The van der Waals surface area contributed by atoms with Crippen LogP contribution in [0.25, 0.3) is 0 Å². The van der Waals surface area contributed by atoms with E-state index in [1.54, 1.807) is 18.9 Å². The number of rotatable bonds is 16. The summed E-state index contributed by atoms with van der Waals surface area (Å²) in [6, 6.07) is 7.38. The monoisotopic (exact) mass is 1060 g/mol. The van der Waals surface area contributed by atoms with Gasteiger partial charge in [-0.2, -0.15) is 5.26 Å². The summed E-state index contributed by atoms with van der Waals surface area (Å²) in [6.07, 6.45) is 9.75. The molecule has 6 fully saturated rings. The molecule has 6 saturated heterocycles. The Labute approximate surface area is 446 Å². The molecule has 4 aromatic heterocycles. The molecule has 25 heteroatoms. The molecule has 0 unspecified atom stereocenters. The van der Waals surface area contributed by atoms with Gasteiger partial charge in [-0.25, -0.2) is 34.9 Å². The number of hydrogen-bond acceptors (Lipinski definition) is 24. The van der Waals surface area contributed by atoms with Crippen LogP contribution in [0.1, 0.15) is 24.1 Å². The van der Waals surface area contributed by atoms with Crippen molar-refractivity contribution in [3.8, 4) is 6.07 Å². The number of halogens is 1. The van der Waals surface area contributed by atoms with Gasteiger partial charge in [-0.1, -0.05) is 22.9 Å². The molecule has 0 bridgehead atoms. The zero-order valence-corrected chi connectivity index (χ0v) is 44.8. The summed E-state index contributed by atoms with van der Waals surface area (Å²) < 4.78 is 16.1. The molecule has 0 spiro atoms. The van der Waals surface area contributed by atoms with Crippen molar-refractivity contribution in [2.45, 2.75) is 19.3 Å². The summed E-state index contributed by atoms with van der Waals surface area (Å²) in [5.74, 6) is 3.50. The number of nitrogens with two attached hydrogens (primary N) is 2. The number of nitriles is 1. The summed E-state index contributed by atoms with van der Waals surface area (Å²) in [5.41, 5.74) is 11.0. The van der Waals surface area contributed by atoms with E-state index >= 15 is 0 Å². The minimum Gasteiger partial charge on any atom is -0.384 e. The minimum absolute atomic E-state index is 0.373. The van der Waals surface area contributed by atoms with Crippen LogP contribution in [0.5, 0.6) is 0 Å². The summed E-state index contributed by atoms with van der Waals surface area (Å²) in [5, 5.41) is 16.5. The van der Waals surface area contributed by atoms with Crippen LogP contribution in [0.15, 0.2) is 43.4 Å². The maximum atomic E-state index is 8.92. The number of morpholine rings is 3. The number of thiazole rings is 1. The van der Waals surface area contributed by atoms with E-state index in [2.05, 4.69) is 90.8 Å². The fourth-order valence-electron chi connectivity index (χ4n) is 9.33. The molecule has 0 saturated carbocycles. The van der Waals surface area contributed by atoms with Crippen molar-refractivity contribution in [2.24, 2.45) is 0 Å². The Hall–Kier alpha value is -4.75. The quantitative estimate of drug-likeness (QED) is 0.117. The third-order valence-electron chi connectivity index (χ3n) is 13.6. The molecule has 23 nitrogen and oxygen atoms in total. The van der Waals surface area contributed by atoms with Gasteiger partial charge >= 0.3 is 0 Å². The third-order valence-corrected chi connectivity index (χ3v) is 14.6. The van der Waals surface area contributed by atoms with Crippen LogP contribution in [-0.2, 0) is 14.2 Å². The van der Waals surface area contributed by atoms with E-state index < -0.39 is 0 Å². The minimum atomic E-state index is 0.373. The molecule has 6 N–H and O–H groups in total. The van der Waals surface area contributed by atoms with Gasteiger partial charge < -0.3 is 51.0 Å². The molecule has 0 atom stereocenters. The fraction of sp³-hybridized carbons (Fsp3) is 0.673. The number of ether oxygens (including phenoxy) is 3. The van der Waals surface area contributed by atoms with Crippen molar-refractivity contribution in [3.05, 3.63) is 53.4 Å². The zero-order valence-electron chi connectivity index (χ0n) is 43.2. The normalized spacial score (nSPS) is 19.7. The summed E-state index contributed by atoms with van der Waals surface area (Å²) >= 11 is 6.73. The molecule has 10 rings (SSSR count).